The van der Waals surface area contributed by atoms with Crippen molar-refractivity contribution in [3.63, 3.8) is 0 Å². The van der Waals surface area contributed by atoms with Crippen molar-refractivity contribution in [3.05, 3.63) is 53.3 Å². The van der Waals surface area contributed by atoms with Gasteiger partial charge in [-0.3, -0.25) is 10.1 Å². The molecule has 0 fully saturated rings. The van der Waals surface area contributed by atoms with Gasteiger partial charge in [-0.1, -0.05) is 0 Å². The summed E-state index contributed by atoms with van der Waals surface area (Å²) in [5.74, 6) is 2.43. The third-order valence-electron chi connectivity index (χ3n) is 3.57. The fraction of sp³-hybridized carbons (Fsp3) is 0.158. The maximum atomic E-state index is 12.0. The number of benzene rings is 1. The van der Waals surface area contributed by atoms with Gasteiger partial charge in [-0.05, 0) is 43.3 Å². The fourth-order valence-corrected chi connectivity index (χ4v) is 3.03. The van der Waals surface area contributed by atoms with E-state index in [1.54, 1.807) is 26.4 Å². The molecule has 7 heteroatoms. The van der Waals surface area contributed by atoms with Crippen molar-refractivity contribution < 1.29 is 18.7 Å². The Labute approximate surface area is 155 Å². The number of aromatic nitrogens is 1. The number of nitrogens with zero attached hydrogens (tertiary/aromatic N) is 1. The number of hydrogen-bond donors (Lipinski definition) is 1. The first-order chi connectivity index (χ1) is 12.6. The molecule has 0 saturated carbocycles. The maximum absolute atomic E-state index is 12.0. The molecule has 0 saturated heterocycles. The molecule has 26 heavy (non-hydrogen) atoms. The number of rotatable bonds is 6. The Morgan fingerprint density at radius 2 is 2.00 bits per heavy atom. The molecule has 1 aromatic carbocycles. The van der Waals surface area contributed by atoms with E-state index in [4.69, 9.17) is 13.9 Å². The molecule has 0 unspecified atom stereocenters. The first kappa shape index (κ1) is 17.8. The highest BCUT2D eigenvalue weighted by atomic mass is 32.1. The molecule has 0 aliphatic heterocycles. The Hall–Kier alpha value is -3.06. The largest absolute Gasteiger partial charge is 0.493 e. The first-order valence-corrected chi connectivity index (χ1v) is 8.70. The van der Waals surface area contributed by atoms with Crippen LogP contribution < -0.4 is 14.8 Å². The molecule has 1 N–H and O–H groups in total. The van der Waals surface area contributed by atoms with E-state index in [9.17, 15) is 4.79 Å². The SMILES string of the molecule is COc1ccc(-c2csc(NC(=O)/C=C/c3ccc(C)o3)n2)cc1OC. The molecular weight excluding hydrogens is 352 g/mol. The van der Waals surface area contributed by atoms with Gasteiger partial charge in [0.05, 0.1) is 19.9 Å². The highest BCUT2D eigenvalue weighted by molar-refractivity contribution is 7.14. The number of ether oxygens (including phenoxy) is 2. The van der Waals surface area contributed by atoms with Crippen molar-refractivity contribution in [2.75, 3.05) is 19.5 Å². The second kappa shape index (κ2) is 7.88. The topological polar surface area (TPSA) is 73.6 Å². The van der Waals surface area contributed by atoms with Crippen LogP contribution in [0.2, 0.25) is 0 Å². The summed E-state index contributed by atoms with van der Waals surface area (Å²) in [6.45, 7) is 1.85. The Kier molecular flexibility index (Phi) is 5.38. The van der Waals surface area contributed by atoms with Gasteiger partial charge in [0.1, 0.15) is 11.5 Å². The van der Waals surface area contributed by atoms with Crippen LogP contribution in [0.3, 0.4) is 0 Å². The van der Waals surface area contributed by atoms with Crippen LogP contribution in [-0.2, 0) is 4.79 Å². The van der Waals surface area contributed by atoms with Crippen LogP contribution in [0, 0.1) is 6.92 Å². The van der Waals surface area contributed by atoms with Gasteiger partial charge in [0.25, 0.3) is 0 Å². The Bertz CT molecular complexity index is 943. The molecule has 6 nitrogen and oxygen atoms in total. The van der Waals surface area contributed by atoms with Gasteiger partial charge in [0.2, 0.25) is 5.91 Å². The molecule has 2 aromatic heterocycles. The summed E-state index contributed by atoms with van der Waals surface area (Å²) >= 11 is 1.35. The lowest BCUT2D eigenvalue weighted by atomic mass is 10.1. The first-order valence-electron chi connectivity index (χ1n) is 7.82. The van der Waals surface area contributed by atoms with Gasteiger partial charge >= 0.3 is 0 Å². The van der Waals surface area contributed by atoms with Crippen LogP contribution in [0.5, 0.6) is 11.5 Å². The number of anilines is 1. The number of carbonyl (C=O) groups is 1. The van der Waals surface area contributed by atoms with E-state index in [0.717, 1.165) is 17.0 Å². The second-order valence-corrected chi connectivity index (χ2v) is 6.24. The van der Waals surface area contributed by atoms with E-state index in [0.29, 0.717) is 22.4 Å². The number of carbonyl (C=O) groups excluding carboxylic acids is 1. The zero-order valence-electron chi connectivity index (χ0n) is 14.6. The normalized spacial score (nSPS) is 10.9. The number of hydrogen-bond acceptors (Lipinski definition) is 6. The minimum absolute atomic E-state index is 0.271. The van der Waals surface area contributed by atoms with E-state index in [2.05, 4.69) is 10.3 Å². The molecule has 134 valence electrons. The molecule has 0 atom stereocenters. The van der Waals surface area contributed by atoms with Gasteiger partial charge in [0, 0.05) is 17.0 Å². The summed E-state index contributed by atoms with van der Waals surface area (Å²) < 4.78 is 15.9. The molecule has 3 rings (SSSR count). The predicted molar refractivity (Wildman–Crippen MR) is 102 cm³/mol. The summed E-state index contributed by atoms with van der Waals surface area (Å²) in [5, 5.41) is 5.13. The Morgan fingerprint density at radius 1 is 1.19 bits per heavy atom. The van der Waals surface area contributed by atoms with Gasteiger partial charge in [-0.25, -0.2) is 4.98 Å². The van der Waals surface area contributed by atoms with E-state index in [-0.39, 0.29) is 5.91 Å². The Morgan fingerprint density at radius 3 is 2.69 bits per heavy atom. The zero-order chi connectivity index (χ0) is 18.5. The summed E-state index contributed by atoms with van der Waals surface area (Å²) in [6, 6.07) is 9.20. The number of aryl methyl sites for hydroxylation is 1. The monoisotopic (exact) mass is 370 g/mol. The van der Waals surface area contributed by atoms with Crippen LogP contribution in [0.15, 0.2) is 46.2 Å². The second-order valence-electron chi connectivity index (χ2n) is 5.38. The minimum atomic E-state index is -0.271. The molecule has 0 aliphatic rings. The maximum Gasteiger partial charge on any atom is 0.250 e. The van der Waals surface area contributed by atoms with E-state index in [1.165, 1.54) is 17.4 Å². The van der Waals surface area contributed by atoms with Gasteiger partial charge < -0.3 is 13.9 Å². The summed E-state index contributed by atoms with van der Waals surface area (Å²) in [4.78, 5) is 16.5. The lowest BCUT2D eigenvalue weighted by Crippen LogP contribution is -2.07. The quantitative estimate of drug-likeness (QED) is 0.652. The predicted octanol–water partition coefficient (Wildman–Crippen LogP) is 4.38. The zero-order valence-corrected chi connectivity index (χ0v) is 15.4. The van der Waals surface area contributed by atoms with Crippen LogP contribution in [-0.4, -0.2) is 25.1 Å². The molecule has 3 aromatic rings. The molecule has 0 radical (unpaired) electrons. The fourth-order valence-electron chi connectivity index (χ4n) is 2.31. The summed E-state index contributed by atoms with van der Waals surface area (Å²) in [5.41, 5.74) is 1.62. The van der Waals surface area contributed by atoms with E-state index >= 15 is 0 Å². The van der Waals surface area contributed by atoms with Gasteiger partial charge in [-0.15, -0.1) is 11.3 Å². The summed E-state index contributed by atoms with van der Waals surface area (Å²) in [7, 11) is 3.17. The van der Waals surface area contributed by atoms with Crippen LogP contribution >= 0.6 is 11.3 Å². The van der Waals surface area contributed by atoms with Crippen molar-refractivity contribution in [1.82, 2.24) is 4.98 Å². The molecule has 0 spiro atoms. The molecule has 0 bridgehead atoms. The third kappa shape index (κ3) is 4.12. The molecule has 1 amide bonds. The molecule has 2 heterocycles. The van der Waals surface area contributed by atoms with Crippen molar-refractivity contribution in [1.29, 1.82) is 0 Å². The van der Waals surface area contributed by atoms with Gasteiger partial charge in [-0.2, -0.15) is 0 Å². The van der Waals surface area contributed by atoms with Crippen LogP contribution in [0.25, 0.3) is 17.3 Å². The van der Waals surface area contributed by atoms with Crippen molar-refractivity contribution in [2.45, 2.75) is 6.92 Å². The van der Waals surface area contributed by atoms with E-state index in [1.807, 2.05) is 36.6 Å². The molecule has 0 aliphatic carbocycles. The Balaban J connectivity index is 1.69. The van der Waals surface area contributed by atoms with Crippen molar-refractivity contribution >= 4 is 28.5 Å². The average molecular weight is 370 g/mol. The van der Waals surface area contributed by atoms with Crippen molar-refractivity contribution in [3.8, 4) is 22.8 Å². The van der Waals surface area contributed by atoms with Crippen molar-refractivity contribution in [2.24, 2.45) is 0 Å². The number of amides is 1. The highest BCUT2D eigenvalue weighted by Crippen LogP contribution is 2.33. The lowest BCUT2D eigenvalue weighted by Gasteiger charge is -2.08. The standard InChI is InChI=1S/C19H18N2O4S/c1-12-4-6-14(25-12)7-9-18(22)21-19-20-15(11-26-19)13-5-8-16(23-2)17(10-13)24-3/h4-11H,1-3H3,(H,20,21,22)/b9-7+. The average Bonchev–Trinajstić information content (AvgIpc) is 3.28. The highest BCUT2D eigenvalue weighted by Gasteiger charge is 2.10. The van der Waals surface area contributed by atoms with Gasteiger partial charge in [0.15, 0.2) is 16.6 Å². The van der Waals surface area contributed by atoms with Crippen LogP contribution in [0.4, 0.5) is 5.13 Å². The lowest BCUT2D eigenvalue weighted by molar-refractivity contribution is -0.111. The molecular formula is C19H18N2O4S. The van der Waals surface area contributed by atoms with E-state index < -0.39 is 0 Å². The van der Waals surface area contributed by atoms with Crippen LogP contribution in [0.1, 0.15) is 11.5 Å². The summed E-state index contributed by atoms with van der Waals surface area (Å²) in [6.07, 6.45) is 3.03. The number of nitrogens with one attached hydrogen (secondary N) is 1. The number of thiazole rings is 1. The third-order valence-corrected chi connectivity index (χ3v) is 4.33. The number of furan rings is 1. The smallest absolute Gasteiger partial charge is 0.250 e. The minimum Gasteiger partial charge on any atom is -0.493 e. The number of methoxy groups -OCH3 is 2.